The third-order valence-corrected chi connectivity index (χ3v) is 2.97. The van der Waals surface area contributed by atoms with E-state index in [0.717, 1.165) is 19.3 Å². The lowest BCUT2D eigenvalue weighted by atomic mass is 9.80. The maximum absolute atomic E-state index is 13.4. The fraction of sp³-hybridized carbons (Fsp3) is 1.00. The van der Waals surface area contributed by atoms with Gasteiger partial charge in [-0.2, -0.15) is 0 Å². The quantitative estimate of drug-likeness (QED) is 0.743. The highest BCUT2D eigenvalue weighted by Gasteiger charge is 2.53. The molecule has 1 aliphatic carbocycles. The van der Waals surface area contributed by atoms with Crippen molar-refractivity contribution in [2.24, 2.45) is 5.73 Å². The van der Waals surface area contributed by atoms with Crippen molar-refractivity contribution in [3.8, 4) is 0 Å². The zero-order chi connectivity index (χ0) is 9.95. The van der Waals surface area contributed by atoms with E-state index in [0.29, 0.717) is 12.8 Å². The molecule has 0 saturated heterocycles. The molecule has 1 aliphatic rings. The van der Waals surface area contributed by atoms with Crippen molar-refractivity contribution >= 4 is 0 Å². The molecule has 0 atom stereocenters. The van der Waals surface area contributed by atoms with E-state index in [1.54, 1.807) is 0 Å². The SMILES string of the molecule is COC1(C(F)(F)CN)CCCCC1. The summed E-state index contributed by atoms with van der Waals surface area (Å²) in [6.45, 7) is -0.624. The lowest BCUT2D eigenvalue weighted by molar-refractivity contribution is -0.204. The van der Waals surface area contributed by atoms with E-state index >= 15 is 0 Å². The predicted octanol–water partition coefficient (Wildman–Crippen LogP) is 1.93. The standard InChI is InChI=1S/C9H17F2NO/c1-13-8(9(10,11)7-12)5-3-2-4-6-8/h2-7,12H2,1H3. The van der Waals surface area contributed by atoms with Crippen LogP contribution in [0.2, 0.25) is 0 Å². The van der Waals surface area contributed by atoms with Crippen molar-refractivity contribution < 1.29 is 13.5 Å². The summed E-state index contributed by atoms with van der Waals surface area (Å²) in [5, 5.41) is 0. The van der Waals surface area contributed by atoms with Gasteiger partial charge in [-0.1, -0.05) is 19.3 Å². The van der Waals surface area contributed by atoms with Crippen LogP contribution >= 0.6 is 0 Å². The maximum atomic E-state index is 13.4. The van der Waals surface area contributed by atoms with Gasteiger partial charge < -0.3 is 10.5 Å². The van der Waals surface area contributed by atoms with Crippen LogP contribution in [0.3, 0.4) is 0 Å². The highest BCUT2D eigenvalue weighted by Crippen LogP contribution is 2.42. The highest BCUT2D eigenvalue weighted by atomic mass is 19.3. The van der Waals surface area contributed by atoms with E-state index in [1.165, 1.54) is 7.11 Å². The van der Waals surface area contributed by atoms with Gasteiger partial charge in [0.25, 0.3) is 5.92 Å². The number of nitrogens with two attached hydrogens (primary N) is 1. The summed E-state index contributed by atoms with van der Waals surface area (Å²) in [5.74, 6) is -2.89. The Balaban J connectivity index is 2.78. The molecule has 1 saturated carbocycles. The minimum absolute atomic E-state index is 0.424. The van der Waals surface area contributed by atoms with Crippen LogP contribution in [-0.4, -0.2) is 25.2 Å². The normalized spacial score (nSPS) is 23.1. The molecular weight excluding hydrogens is 176 g/mol. The van der Waals surface area contributed by atoms with E-state index in [2.05, 4.69) is 0 Å². The van der Waals surface area contributed by atoms with Crippen LogP contribution in [0, 0.1) is 0 Å². The van der Waals surface area contributed by atoms with Crippen LogP contribution in [0.5, 0.6) is 0 Å². The summed E-state index contributed by atoms with van der Waals surface area (Å²) in [6, 6.07) is 0. The molecule has 2 N–H and O–H groups in total. The van der Waals surface area contributed by atoms with Crippen LogP contribution in [0.25, 0.3) is 0 Å². The number of ether oxygens (including phenoxy) is 1. The molecule has 0 heterocycles. The van der Waals surface area contributed by atoms with Crippen molar-refractivity contribution in [2.75, 3.05) is 13.7 Å². The van der Waals surface area contributed by atoms with Crippen molar-refractivity contribution in [1.82, 2.24) is 0 Å². The first-order valence-corrected chi connectivity index (χ1v) is 4.71. The van der Waals surface area contributed by atoms with Gasteiger partial charge in [0.15, 0.2) is 0 Å². The third kappa shape index (κ3) is 1.83. The number of hydrogen-bond donors (Lipinski definition) is 1. The largest absolute Gasteiger partial charge is 0.372 e. The number of rotatable bonds is 3. The Kier molecular flexibility index (Phi) is 3.24. The second-order valence-electron chi connectivity index (χ2n) is 3.67. The molecule has 0 aliphatic heterocycles. The molecule has 2 nitrogen and oxygen atoms in total. The van der Waals surface area contributed by atoms with E-state index in [4.69, 9.17) is 10.5 Å². The Morgan fingerprint density at radius 2 is 1.85 bits per heavy atom. The number of methoxy groups -OCH3 is 1. The summed E-state index contributed by atoms with van der Waals surface area (Å²) in [5.41, 5.74) is 3.78. The molecule has 0 amide bonds. The fourth-order valence-electron chi connectivity index (χ4n) is 2.03. The highest BCUT2D eigenvalue weighted by molar-refractivity contribution is 4.97. The first kappa shape index (κ1) is 10.9. The molecule has 0 aromatic carbocycles. The molecule has 13 heavy (non-hydrogen) atoms. The zero-order valence-corrected chi connectivity index (χ0v) is 7.98. The Bertz CT molecular complexity index is 167. The molecule has 0 aromatic heterocycles. The molecule has 4 heteroatoms. The minimum Gasteiger partial charge on any atom is -0.372 e. The van der Waals surface area contributed by atoms with Gasteiger partial charge in [0.1, 0.15) is 5.60 Å². The minimum atomic E-state index is -2.89. The van der Waals surface area contributed by atoms with Gasteiger partial charge >= 0.3 is 0 Å². The van der Waals surface area contributed by atoms with Gasteiger partial charge in [0, 0.05) is 7.11 Å². The van der Waals surface area contributed by atoms with Crippen LogP contribution in [-0.2, 0) is 4.74 Å². The van der Waals surface area contributed by atoms with E-state index < -0.39 is 18.1 Å². The number of alkyl halides is 2. The van der Waals surface area contributed by atoms with Crippen LogP contribution in [0.15, 0.2) is 0 Å². The molecule has 0 bridgehead atoms. The van der Waals surface area contributed by atoms with Gasteiger partial charge in [0.05, 0.1) is 6.54 Å². The van der Waals surface area contributed by atoms with Gasteiger partial charge in [-0.25, -0.2) is 8.78 Å². The smallest absolute Gasteiger partial charge is 0.288 e. The Labute approximate surface area is 77.4 Å². The van der Waals surface area contributed by atoms with Gasteiger partial charge in [-0.15, -0.1) is 0 Å². The van der Waals surface area contributed by atoms with E-state index in [-0.39, 0.29) is 0 Å². The molecule has 1 fully saturated rings. The Morgan fingerprint density at radius 3 is 2.23 bits per heavy atom. The summed E-state index contributed by atoms with van der Waals surface area (Å²) in [6.07, 6.45) is 3.49. The molecule has 0 spiro atoms. The molecular formula is C9H17F2NO. The summed E-state index contributed by atoms with van der Waals surface area (Å²) >= 11 is 0. The molecule has 0 radical (unpaired) electrons. The Morgan fingerprint density at radius 1 is 1.31 bits per heavy atom. The average Bonchev–Trinajstić information content (AvgIpc) is 2.18. The lowest BCUT2D eigenvalue weighted by Gasteiger charge is -2.41. The van der Waals surface area contributed by atoms with Crippen LogP contribution in [0.1, 0.15) is 32.1 Å². The van der Waals surface area contributed by atoms with Gasteiger partial charge in [0.2, 0.25) is 0 Å². The molecule has 78 valence electrons. The first-order valence-electron chi connectivity index (χ1n) is 4.71. The summed E-state index contributed by atoms with van der Waals surface area (Å²) in [7, 11) is 1.36. The lowest BCUT2D eigenvalue weighted by Crippen LogP contribution is -2.54. The molecule has 0 unspecified atom stereocenters. The van der Waals surface area contributed by atoms with Crippen molar-refractivity contribution in [3.63, 3.8) is 0 Å². The zero-order valence-electron chi connectivity index (χ0n) is 7.98. The Hall–Kier alpha value is -0.220. The van der Waals surface area contributed by atoms with Crippen molar-refractivity contribution in [3.05, 3.63) is 0 Å². The first-order chi connectivity index (χ1) is 6.08. The van der Waals surface area contributed by atoms with E-state index in [9.17, 15) is 8.78 Å². The average molecular weight is 193 g/mol. The van der Waals surface area contributed by atoms with Gasteiger partial charge in [-0.3, -0.25) is 0 Å². The third-order valence-electron chi connectivity index (χ3n) is 2.97. The summed E-state index contributed by atoms with van der Waals surface area (Å²) in [4.78, 5) is 0. The number of hydrogen-bond acceptors (Lipinski definition) is 2. The van der Waals surface area contributed by atoms with Crippen LogP contribution in [0.4, 0.5) is 8.78 Å². The summed E-state index contributed by atoms with van der Waals surface area (Å²) < 4.78 is 31.9. The maximum Gasteiger partial charge on any atom is 0.288 e. The van der Waals surface area contributed by atoms with Crippen molar-refractivity contribution in [2.45, 2.75) is 43.6 Å². The second kappa shape index (κ2) is 3.88. The molecule has 0 aromatic rings. The number of halogens is 2. The fourth-order valence-corrected chi connectivity index (χ4v) is 2.03. The van der Waals surface area contributed by atoms with Crippen LogP contribution < -0.4 is 5.73 Å². The topological polar surface area (TPSA) is 35.2 Å². The molecule has 1 rings (SSSR count). The monoisotopic (exact) mass is 193 g/mol. The second-order valence-corrected chi connectivity index (χ2v) is 3.67. The predicted molar refractivity (Wildman–Crippen MR) is 46.8 cm³/mol. The van der Waals surface area contributed by atoms with E-state index in [1.807, 2.05) is 0 Å². The van der Waals surface area contributed by atoms with Crippen molar-refractivity contribution in [1.29, 1.82) is 0 Å². The van der Waals surface area contributed by atoms with Gasteiger partial charge in [-0.05, 0) is 12.8 Å².